The average molecular weight is 272 g/mol. The molecule has 0 saturated heterocycles. The molecule has 0 radical (unpaired) electrons. The van der Waals surface area contributed by atoms with Crippen LogP contribution in [-0.2, 0) is 15.4 Å². The van der Waals surface area contributed by atoms with Gasteiger partial charge >= 0.3 is 0 Å². The molecule has 0 unspecified atom stereocenters. The first-order valence-corrected chi connectivity index (χ1v) is 7.40. The van der Waals surface area contributed by atoms with Crippen molar-refractivity contribution in [1.82, 2.24) is 0 Å². The van der Waals surface area contributed by atoms with E-state index in [4.69, 9.17) is 9.47 Å². The molecule has 0 aromatic heterocycles. The van der Waals surface area contributed by atoms with Gasteiger partial charge in [0.05, 0.1) is 24.7 Å². The van der Waals surface area contributed by atoms with Crippen LogP contribution in [0.25, 0.3) is 0 Å². The Labute approximate surface area is 106 Å². The number of ether oxygens (including phenoxy) is 2. The average Bonchev–Trinajstić information content (AvgIpc) is 3.05. The summed E-state index contributed by atoms with van der Waals surface area (Å²) in [5, 5.41) is 10.2. The Hall–Kier alpha value is -1.27. The predicted molar refractivity (Wildman–Crippen MR) is 65.8 cm³/mol. The van der Waals surface area contributed by atoms with E-state index in [-0.39, 0.29) is 4.90 Å². The molecule has 1 fully saturated rings. The zero-order chi connectivity index (χ0) is 13.6. The maximum absolute atomic E-state index is 11.8. The molecule has 1 saturated carbocycles. The Kier molecular flexibility index (Phi) is 3.03. The molecule has 0 spiro atoms. The normalized spacial score (nSPS) is 17.3. The first kappa shape index (κ1) is 13.2. The van der Waals surface area contributed by atoms with Crippen molar-refractivity contribution in [3.63, 3.8) is 0 Å². The first-order valence-electron chi connectivity index (χ1n) is 5.51. The molecule has 1 aromatic carbocycles. The smallest absolute Gasteiger partial charge is 0.176 e. The number of rotatable bonds is 4. The fourth-order valence-electron chi connectivity index (χ4n) is 1.92. The summed E-state index contributed by atoms with van der Waals surface area (Å²) in [6.45, 7) is 0. The highest BCUT2D eigenvalue weighted by Crippen LogP contribution is 2.50. The van der Waals surface area contributed by atoms with Crippen molar-refractivity contribution in [3.05, 3.63) is 17.7 Å². The van der Waals surface area contributed by atoms with Crippen LogP contribution in [-0.4, -0.2) is 34.0 Å². The van der Waals surface area contributed by atoms with Crippen molar-refractivity contribution in [3.8, 4) is 11.5 Å². The molecule has 0 atom stereocenters. The van der Waals surface area contributed by atoms with Gasteiger partial charge in [-0.25, -0.2) is 8.42 Å². The highest BCUT2D eigenvalue weighted by molar-refractivity contribution is 7.90. The second-order valence-corrected chi connectivity index (χ2v) is 6.49. The molecule has 100 valence electrons. The third kappa shape index (κ3) is 2.18. The Morgan fingerprint density at radius 2 is 1.67 bits per heavy atom. The molecule has 6 heteroatoms. The summed E-state index contributed by atoms with van der Waals surface area (Å²) >= 11 is 0. The molecule has 5 nitrogen and oxygen atoms in total. The summed E-state index contributed by atoms with van der Waals surface area (Å²) < 4.78 is 33.8. The van der Waals surface area contributed by atoms with Crippen LogP contribution in [0.4, 0.5) is 0 Å². The van der Waals surface area contributed by atoms with Crippen molar-refractivity contribution in [2.24, 2.45) is 0 Å². The van der Waals surface area contributed by atoms with Crippen molar-refractivity contribution in [2.45, 2.75) is 23.3 Å². The van der Waals surface area contributed by atoms with Crippen LogP contribution in [0.3, 0.4) is 0 Å². The van der Waals surface area contributed by atoms with E-state index in [1.54, 1.807) is 6.07 Å². The lowest BCUT2D eigenvalue weighted by atomic mass is 10.1. The Bertz CT molecular complexity index is 572. The van der Waals surface area contributed by atoms with E-state index in [0.717, 1.165) is 6.26 Å². The Morgan fingerprint density at radius 1 is 1.17 bits per heavy atom. The topological polar surface area (TPSA) is 72.8 Å². The molecule has 18 heavy (non-hydrogen) atoms. The van der Waals surface area contributed by atoms with Gasteiger partial charge in [-0.1, -0.05) is 0 Å². The van der Waals surface area contributed by atoms with Crippen LogP contribution < -0.4 is 9.47 Å². The molecular weight excluding hydrogens is 256 g/mol. The minimum atomic E-state index is -3.43. The van der Waals surface area contributed by atoms with E-state index >= 15 is 0 Å². The molecular formula is C12H16O5S. The molecule has 1 aliphatic carbocycles. The van der Waals surface area contributed by atoms with Gasteiger partial charge in [-0.2, -0.15) is 0 Å². The highest BCUT2D eigenvalue weighted by atomic mass is 32.2. The van der Waals surface area contributed by atoms with Crippen molar-refractivity contribution < 1.29 is 23.0 Å². The lowest BCUT2D eigenvalue weighted by molar-refractivity contribution is 0.147. The fourth-order valence-corrected chi connectivity index (χ4v) is 2.89. The highest BCUT2D eigenvalue weighted by Gasteiger charge is 2.45. The summed E-state index contributed by atoms with van der Waals surface area (Å²) in [4.78, 5) is 0.0974. The second kappa shape index (κ2) is 4.13. The number of aliphatic hydroxyl groups is 1. The standard InChI is InChI=1S/C12H16O5S/c1-16-9-6-8(12(13)4-5-12)11(18(3,14)15)7-10(9)17-2/h6-7,13H,4-5H2,1-3H3. The number of hydrogen-bond acceptors (Lipinski definition) is 5. The summed E-state index contributed by atoms with van der Waals surface area (Å²) in [5.74, 6) is 0.756. The van der Waals surface area contributed by atoms with Crippen LogP contribution >= 0.6 is 0 Å². The van der Waals surface area contributed by atoms with Crippen LogP contribution in [0.15, 0.2) is 17.0 Å². The third-order valence-electron chi connectivity index (χ3n) is 3.11. The summed E-state index contributed by atoms with van der Waals surface area (Å²) in [6, 6.07) is 2.95. The molecule has 0 aliphatic heterocycles. The summed E-state index contributed by atoms with van der Waals surface area (Å²) in [5.41, 5.74) is -0.652. The van der Waals surface area contributed by atoms with Crippen LogP contribution in [0, 0.1) is 0 Å². The largest absolute Gasteiger partial charge is 0.493 e. The molecule has 0 bridgehead atoms. The molecule has 1 aliphatic rings. The Morgan fingerprint density at radius 3 is 2.06 bits per heavy atom. The summed E-state index contributed by atoms with van der Waals surface area (Å²) in [6.07, 6.45) is 2.24. The Balaban J connectivity index is 2.70. The molecule has 1 N–H and O–H groups in total. The number of benzene rings is 1. The zero-order valence-corrected chi connectivity index (χ0v) is 11.4. The van der Waals surface area contributed by atoms with Gasteiger partial charge in [0, 0.05) is 17.9 Å². The van der Waals surface area contributed by atoms with Crippen LogP contribution in [0.1, 0.15) is 18.4 Å². The predicted octanol–water partition coefficient (Wildman–Crippen LogP) is 1.09. The van der Waals surface area contributed by atoms with E-state index in [0.29, 0.717) is 29.9 Å². The van der Waals surface area contributed by atoms with E-state index < -0.39 is 15.4 Å². The number of sulfone groups is 1. The summed E-state index contributed by atoms with van der Waals surface area (Å²) in [7, 11) is -0.519. The van der Waals surface area contributed by atoms with Gasteiger partial charge in [-0.3, -0.25) is 0 Å². The lowest BCUT2D eigenvalue weighted by Gasteiger charge is -2.17. The second-order valence-electron chi connectivity index (χ2n) is 4.51. The van der Waals surface area contributed by atoms with E-state index in [1.807, 2.05) is 0 Å². The number of hydrogen-bond donors (Lipinski definition) is 1. The lowest BCUT2D eigenvalue weighted by Crippen LogP contribution is -2.12. The number of methoxy groups -OCH3 is 2. The van der Waals surface area contributed by atoms with Gasteiger partial charge in [0.15, 0.2) is 21.3 Å². The first-order chi connectivity index (χ1) is 8.31. The zero-order valence-electron chi connectivity index (χ0n) is 10.6. The molecule has 0 heterocycles. The minimum Gasteiger partial charge on any atom is -0.493 e. The van der Waals surface area contributed by atoms with Crippen LogP contribution in [0.2, 0.25) is 0 Å². The van der Waals surface area contributed by atoms with Gasteiger partial charge in [0.25, 0.3) is 0 Å². The van der Waals surface area contributed by atoms with Gasteiger partial charge in [-0.15, -0.1) is 0 Å². The SMILES string of the molecule is COc1cc(C2(O)CC2)c(S(C)(=O)=O)cc1OC. The quantitative estimate of drug-likeness (QED) is 0.888. The van der Waals surface area contributed by atoms with Gasteiger partial charge < -0.3 is 14.6 Å². The molecule has 2 rings (SSSR count). The van der Waals surface area contributed by atoms with Crippen molar-refractivity contribution in [1.29, 1.82) is 0 Å². The maximum Gasteiger partial charge on any atom is 0.176 e. The van der Waals surface area contributed by atoms with E-state index in [9.17, 15) is 13.5 Å². The van der Waals surface area contributed by atoms with E-state index in [2.05, 4.69) is 0 Å². The van der Waals surface area contributed by atoms with Gasteiger partial charge in [0.2, 0.25) is 0 Å². The van der Waals surface area contributed by atoms with Crippen molar-refractivity contribution in [2.75, 3.05) is 20.5 Å². The third-order valence-corrected chi connectivity index (χ3v) is 4.25. The van der Waals surface area contributed by atoms with E-state index in [1.165, 1.54) is 20.3 Å². The van der Waals surface area contributed by atoms with Crippen LogP contribution in [0.5, 0.6) is 11.5 Å². The molecule has 1 aromatic rings. The maximum atomic E-state index is 11.8. The fraction of sp³-hybridized carbons (Fsp3) is 0.500. The van der Waals surface area contributed by atoms with Gasteiger partial charge in [-0.05, 0) is 18.9 Å². The monoisotopic (exact) mass is 272 g/mol. The van der Waals surface area contributed by atoms with Crippen molar-refractivity contribution >= 4 is 9.84 Å². The van der Waals surface area contributed by atoms with Gasteiger partial charge in [0.1, 0.15) is 0 Å². The molecule has 0 amide bonds. The minimum absolute atomic E-state index is 0.0974.